The van der Waals surface area contributed by atoms with Crippen molar-refractivity contribution in [1.82, 2.24) is 19.4 Å². The van der Waals surface area contributed by atoms with Gasteiger partial charge in [0.25, 0.3) is 5.56 Å². The molecule has 0 saturated carbocycles. The summed E-state index contributed by atoms with van der Waals surface area (Å²) >= 11 is 0. The van der Waals surface area contributed by atoms with Crippen LogP contribution in [0.3, 0.4) is 0 Å². The number of aromatic nitrogens is 2. The fraction of sp³-hybridized carbons (Fsp3) is 0.324. The monoisotopic (exact) mass is 739 g/mol. The summed E-state index contributed by atoms with van der Waals surface area (Å²) in [7, 11) is 4.29. The van der Waals surface area contributed by atoms with E-state index < -0.39 is 59.4 Å². The lowest BCUT2D eigenvalue weighted by Gasteiger charge is -2.22. The molecule has 2 aromatic carbocycles. The molecule has 53 heavy (non-hydrogen) atoms. The lowest BCUT2D eigenvalue weighted by Crippen LogP contribution is -2.44. The van der Waals surface area contributed by atoms with Crippen LogP contribution in [0.25, 0.3) is 10.9 Å². The molecule has 0 bridgehead atoms. The Morgan fingerprint density at radius 3 is 2.40 bits per heavy atom. The van der Waals surface area contributed by atoms with Gasteiger partial charge in [0.15, 0.2) is 0 Å². The minimum absolute atomic E-state index is 0.0234. The van der Waals surface area contributed by atoms with E-state index in [1.807, 2.05) is 0 Å². The van der Waals surface area contributed by atoms with E-state index in [0.717, 1.165) is 29.9 Å². The molecule has 2 heterocycles. The Morgan fingerprint density at radius 1 is 1.00 bits per heavy atom. The van der Waals surface area contributed by atoms with Gasteiger partial charge in [0, 0.05) is 43.4 Å². The summed E-state index contributed by atoms with van der Waals surface area (Å²) in [6, 6.07) is 8.18. The topological polar surface area (TPSA) is 150 Å². The second-order valence-electron chi connectivity index (χ2n) is 13.1. The number of pyridine rings is 1. The van der Waals surface area contributed by atoms with Gasteiger partial charge >= 0.3 is 12.2 Å². The van der Waals surface area contributed by atoms with Gasteiger partial charge in [-0.05, 0) is 76.1 Å². The van der Waals surface area contributed by atoms with Gasteiger partial charge in [0.05, 0.1) is 19.3 Å². The maximum Gasteiger partial charge on any atom is 0.419 e. The van der Waals surface area contributed by atoms with Gasteiger partial charge in [-0.2, -0.15) is 0 Å². The third kappa shape index (κ3) is 10.5. The van der Waals surface area contributed by atoms with E-state index in [1.54, 1.807) is 40.9 Å². The average Bonchev–Trinajstić information content (AvgIpc) is 3.44. The Bertz CT molecular complexity index is 2100. The normalized spacial score (nSPS) is 12.0. The number of rotatable bonds is 12. The SMILES string of the molecule is COC(=O)NC(CC/C=C/C(=O)N(C)C)C(=O)Nc1cccn(Cc2cc3cc(F)cc(OCc4ccc(F)cc4F)c3n2C(=O)OC(C)(C)C)c1=O. The van der Waals surface area contributed by atoms with Crippen molar-refractivity contribution in [3.63, 3.8) is 0 Å². The third-order valence-corrected chi connectivity index (χ3v) is 7.60. The maximum atomic E-state index is 14.9. The number of allylic oxidation sites excluding steroid dienone is 1. The van der Waals surface area contributed by atoms with Crippen molar-refractivity contribution < 1.29 is 46.6 Å². The van der Waals surface area contributed by atoms with Gasteiger partial charge in [0.1, 0.15) is 52.7 Å². The molecule has 1 unspecified atom stereocenters. The Labute approximate surface area is 302 Å². The van der Waals surface area contributed by atoms with E-state index in [4.69, 9.17) is 9.47 Å². The molecule has 0 fully saturated rings. The lowest BCUT2D eigenvalue weighted by atomic mass is 10.1. The molecule has 0 spiro atoms. The van der Waals surface area contributed by atoms with Gasteiger partial charge in [0.2, 0.25) is 11.8 Å². The number of halogens is 3. The number of carbonyl (C=O) groups is 4. The summed E-state index contributed by atoms with van der Waals surface area (Å²) in [6.45, 7) is 4.21. The molecule has 282 valence electrons. The van der Waals surface area contributed by atoms with Crippen molar-refractivity contribution in [2.24, 2.45) is 0 Å². The van der Waals surface area contributed by atoms with Crippen molar-refractivity contribution in [3.05, 3.63) is 106 Å². The molecule has 16 heteroatoms. The number of benzene rings is 2. The van der Waals surface area contributed by atoms with Crippen molar-refractivity contribution >= 4 is 40.6 Å². The molecule has 0 saturated heterocycles. The summed E-state index contributed by atoms with van der Waals surface area (Å²) in [5.41, 5.74) is -1.63. The molecule has 2 N–H and O–H groups in total. The fourth-order valence-corrected chi connectivity index (χ4v) is 5.09. The molecule has 0 aliphatic rings. The predicted molar refractivity (Wildman–Crippen MR) is 189 cm³/mol. The van der Waals surface area contributed by atoms with Gasteiger partial charge in [-0.1, -0.05) is 6.08 Å². The number of alkyl carbamates (subject to hydrolysis) is 1. The van der Waals surface area contributed by atoms with Crippen molar-refractivity contribution in [1.29, 1.82) is 0 Å². The number of nitrogens with one attached hydrogen (secondary N) is 2. The van der Waals surface area contributed by atoms with Crippen LogP contribution >= 0.6 is 0 Å². The number of anilines is 1. The summed E-state index contributed by atoms with van der Waals surface area (Å²) in [5.74, 6) is -3.57. The van der Waals surface area contributed by atoms with Crippen molar-refractivity contribution in [2.45, 2.75) is 58.4 Å². The number of amides is 3. The summed E-state index contributed by atoms with van der Waals surface area (Å²) in [6.07, 6.45) is 2.79. The van der Waals surface area contributed by atoms with Crippen molar-refractivity contribution in [3.8, 4) is 5.75 Å². The van der Waals surface area contributed by atoms with Crippen LogP contribution in [0.2, 0.25) is 0 Å². The minimum Gasteiger partial charge on any atom is -0.486 e. The van der Waals surface area contributed by atoms with Gasteiger partial charge in [-0.25, -0.2) is 27.3 Å². The first-order chi connectivity index (χ1) is 25.0. The Morgan fingerprint density at radius 2 is 1.74 bits per heavy atom. The second kappa shape index (κ2) is 17.0. The van der Waals surface area contributed by atoms with E-state index in [-0.39, 0.29) is 58.9 Å². The van der Waals surface area contributed by atoms with E-state index in [0.29, 0.717) is 6.07 Å². The fourth-order valence-electron chi connectivity index (χ4n) is 5.09. The summed E-state index contributed by atoms with van der Waals surface area (Å²) in [4.78, 5) is 65.9. The smallest absolute Gasteiger partial charge is 0.419 e. The average molecular weight is 740 g/mol. The third-order valence-electron chi connectivity index (χ3n) is 7.60. The second-order valence-corrected chi connectivity index (χ2v) is 13.1. The highest BCUT2D eigenvalue weighted by Gasteiger charge is 2.26. The Balaban J connectivity index is 1.68. The van der Waals surface area contributed by atoms with E-state index in [2.05, 4.69) is 15.4 Å². The Kier molecular flexibility index (Phi) is 12.7. The summed E-state index contributed by atoms with van der Waals surface area (Å²) in [5, 5.41) is 5.13. The molecule has 3 amide bonds. The molecule has 0 aliphatic heterocycles. The highest BCUT2D eigenvalue weighted by atomic mass is 19.1. The number of carbonyl (C=O) groups excluding carboxylic acids is 4. The molecular weight excluding hydrogens is 699 g/mol. The molecular formula is C37H40F3N5O8. The molecule has 2 aromatic heterocycles. The van der Waals surface area contributed by atoms with Crippen LogP contribution in [0.1, 0.15) is 44.9 Å². The zero-order chi connectivity index (χ0) is 39.0. The molecule has 4 aromatic rings. The van der Waals surface area contributed by atoms with Gasteiger partial charge < -0.3 is 34.3 Å². The zero-order valence-electron chi connectivity index (χ0n) is 30.0. The number of methoxy groups -OCH3 is 1. The molecule has 0 aliphatic carbocycles. The van der Waals surface area contributed by atoms with Crippen LogP contribution in [0.5, 0.6) is 5.75 Å². The number of hydrogen-bond acceptors (Lipinski definition) is 8. The summed E-state index contributed by atoms with van der Waals surface area (Å²) < 4.78 is 61.1. The number of nitrogens with zero attached hydrogens (tertiary/aromatic N) is 3. The van der Waals surface area contributed by atoms with Crippen LogP contribution in [0.4, 0.5) is 28.4 Å². The predicted octanol–water partition coefficient (Wildman–Crippen LogP) is 5.72. The molecule has 13 nitrogen and oxygen atoms in total. The van der Waals surface area contributed by atoms with Gasteiger partial charge in [-0.3, -0.25) is 14.4 Å². The number of hydrogen-bond donors (Lipinski definition) is 2. The maximum absolute atomic E-state index is 14.9. The molecule has 1 atom stereocenters. The number of likely N-dealkylation sites (N-methyl/N-ethyl adjacent to an activating group) is 1. The first-order valence-corrected chi connectivity index (χ1v) is 16.3. The van der Waals surface area contributed by atoms with E-state index >= 15 is 0 Å². The Hall–Kier alpha value is -6.06. The highest BCUT2D eigenvalue weighted by Crippen LogP contribution is 2.33. The van der Waals surface area contributed by atoms with Crippen LogP contribution in [-0.2, 0) is 32.2 Å². The highest BCUT2D eigenvalue weighted by molar-refractivity contribution is 5.97. The lowest BCUT2D eigenvalue weighted by molar-refractivity contribution is -0.123. The first kappa shape index (κ1) is 39.7. The first-order valence-electron chi connectivity index (χ1n) is 16.3. The van der Waals surface area contributed by atoms with E-state index in [1.165, 1.54) is 46.0 Å². The van der Waals surface area contributed by atoms with Crippen LogP contribution in [0, 0.1) is 17.5 Å². The van der Waals surface area contributed by atoms with Gasteiger partial charge in [-0.15, -0.1) is 0 Å². The van der Waals surface area contributed by atoms with Crippen LogP contribution in [0.15, 0.2) is 71.7 Å². The largest absolute Gasteiger partial charge is 0.486 e. The van der Waals surface area contributed by atoms with Crippen LogP contribution < -0.4 is 20.9 Å². The quantitative estimate of drug-likeness (QED) is 0.175. The molecule has 0 radical (unpaired) electrons. The standard InChI is InChI=1S/C37H40F3N5O8/c1-37(2,3)53-36(50)45-26(17-23-16-25(39)19-30(32(23)45)52-21-22-13-14-24(38)18-27(22)40)20-44-15-9-11-29(34(44)48)41-33(47)28(42-35(49)51-6)10-7-8-12-31(46)43(4)5/h8-9,11-19,28H,7,10,20-21H2,1-6H3,(H,41,47)(H,42,49)/b12-8+. The molecule has 4 rings (SSSR count). The number of fused-ring (bicyclic) bond motifs is 1. The van der Waals surface area contributed by atoms with Crippen LogP contribution in [-0.4, -0.2) is 70.9 Å². The van der Waals surface area contributed by atoms with Crippen molar-refractivity contribution in [2.75, 3.05) is 26.5 Å². The van der Waals surface area contributed by atoms with E-state index in [9.17, 15) is 37.1 Å². The minimum atomic E-state index is -1.15. The number of ether oxygens (including phenoxy) is 3. The zero-order valence-corrected chi connectivity index (χ0v) is 30.0.